The first-order valence-electron chi connectivity index (χ1n) is 9.42. The van der Waals surface area contributed by atoms with E-state index in [1.807, 2.05) is 29.2 Å². The fourth-order valence-corrected chi connectivity index (χ4v) is 5.33. The van der Waals surface area contributed by atoms with Crippen LogP contribution in [0.2, 0.25) is 0 Å². The molecule has 4 nitrogen and oxygen atoms in total. The summed E-state index contributed by atoms with van der Waals surface area (Å²) in [6.07, 6.45) is 2.15. The highest BCUT2D eigenvalue weighted by Gasteiger charge is 2.32. The van der Waals surface area contributed by atoms with Crippen LogP contribution in [0, 0.1) is 0 Å². The van der Waals surface area contributed by atoms with Crippen LogP contribution in [0.5, 0.6) is 11.5 Å². The van der Waals surface area contributed by atoms with Gasteiger partial charge in [-0.3, -0.25) is 4.79 Å². The van der Waals surface area contributed by atoms with Gasteiger partial charge in [-0.2, -0.15) is 0 Å². The molecule has 1 aliphatic heterocycles. The van der Waals surface area contributed by atoms with Gasteiger partial charge in [0.1, 0.15) is 11.5 Å². The molecule has 1 amide bonds. The second kappa shape index (κ2) is 8.80. The molecule has 0 fully saturated rings. The Morgan fingerprint density at radius 1 is 1.11 bits per heavy atom. The van der Waals surface area contributed by atoms with Gasteiger partial charge in [0.15, 0.2) is 0 Å². The van der Waals surface area contributed by atoms with Crippen molar-refractivity contribution in [3.05, 3.63) is 68.5 Å². The number of fused-ring (bicyclic) bond motifs is 1. The van der Waals surface area contributed by atoms with Crippen LogP contribution in [0.25, 0.3) is 0 Å². The molecule has 1 aliphatic rings. The molecule has 0 saturated carbocycles. The number of ether oxygens (including phenoxy) is 2. The Labute approximate surface area is 173 Å². The third-order valence-electron chi connectivity index (χ3n) is 4.96. The first-order valence-corrected chi connectivity index (χ1v) is 11.2. The van der Waals surface area contributed by atoms with Gasteiger partial charge in [0, 0.05) is 22.7 Å². The zero-order valence-corrected chi connectivity index (χ0v) is 17.4. The minimum atomic E-state index is 0.0602. The standard InChI is InChI=1S/C22H23NO3S2/c1-25-16-6-8-17(9-7-16)26-13-2-5-21(24)23-12-10-19-18(11-15-28-19)22(23)20-4-3-14-27-20/h3-4,6-9,11,14-15,22H,2,5,10,12-13H2,1H3/t22-/m0/s1. The Morgan fingerprint density at radius 3 is 2.68 bits per heavy atom. The van der Waals surface area contributed by atoms with Crippen molar-refractivity contribution in [3.8, 4) is 11.5 Å². The summed E-state index contributed by atoms with van der Waals surface area (Å²) in [5.74, 6) is 1.80. The maximum atomic E-state index is 13.0. The molecule has 4 rings (SSSR count). The molecule has 0 bridgehead atoms. The molecule has 3 aromatic rings. The van der Waals surface area contributed by atoms with E-state index in [0.29, 0.717) is 19.4 Å². The average Bonchev–Trinajstić information content (AvgIpc) is 3.42. The predicted octanol–water partition coefficient (Wildman–Crippen LogP) is 5.15. The Kier molecular flexibility index (Phi) is 5.98. The molecular weight excluding hydrogens is 390 g/mol. The van der Waals surface area contributed by atoms with E-state index in [1.165, 1.54) is 15.3 Å². The van der Waals surface area contributed by atoms with Crippen LogP contribution < -0.4 is 9.47 Å². The zero-order valence-electron chi connectivity index (χ0n) is 15.8. The lowest BCUT2D eigenvalue weighted by Gasteiger charge is -2.35. The fraction of sp³-hybridized carbons (Fsp3) is 0.318. The minimum Gasteiger partial charge on any atom is -0.497 e. The van der Waals surface area contributed by atoms with E-state index in [4.69, 9.17) is 9.47 Å². The first kappa shape index (κ1) is 19.0. The molecule has 2 aromatic heterocycles. The van der Waals surface area contributed by atoms with Gasteiger partial charge in [0.2, 0.25) is 5.91 Å². The molecule has 0 unspecified atom stereocenters. The summed E-state index contributed by atoms with van der Waals surface area (Å²) in [7, 11) is 1.64. The third-order valence-corrected chi connectivity index (χ3v) is 6.88. The summed E-state index contributed by atoms with van der Waals surface area (Å²) in [6.45, 7) is 1.31. The normalized spacial score (nSPS) is 15.9. The first-order chi connectivity index (χ1) is 13.8. The van der Waals surface area contributed by atoms with Crippen LogP contribution in [-0.2, 0) is 11.2 Å². The summed E-state index contributed by atoms with van der Waals surface area (Å²) >= 11 is 3.52. The summed E-state index contributed by atoms with van der Waals surface area (Å²) in [6, 6.07) is 13.9. The van der Waals surface area contributed by atoms with Gasteiger partial charge in [-0.15, -0.1) is 22.7 Å². The molecule has 1 atom stereocenters. The van der Waals surface area contributed by atoms with Gasteiger partial charge in [0.05, 0.1) is 19.8 Å². The van der Waals surface area contributed by atoms with Gasteiger partial charge >= 0.3 is 0 Å². The number of benzene rings is 1. The lowest BCUT2D eigenvalue weighted by atomic mass is 9.98. The van der Waals surface area contributed by atoms with E-state index in [-0.39, 0.29) is 11.9 Å². The number of carbonyl (C=O) groups excluding carboxylic acids is 1. The van der Waals surface area contributed by atoms with Crippen molar-refractivity contribution in [1.82, 2.24) is 4.90 Å². The smallest absolute Gasteiger partial charge is 0.223 e. The second-order valence-electron chi connectivity index (χ2n) is 6.68. The van der Waals surface area contributed by atoms with Crippen molar-refractivity contribution >= 4 is 28.6 Å². The highest BCUT2D eigenvalue weighted by molar-refractivity contribution is 7.10. The van der Waals surface area contributed by atoms with Crippen molar-refractivity contribution < 1.29 is 14.3 Å². The highest BCUT2D eigenvalue weighted by Crippen LogP contribution is 2.39. The number of rotatable bonds is 7. The number of thiophene rings is 2. The van der Waals surface area contributed by atoms with E-state index in [2.05, 4.69) is 29.0 Å². The maximum Gasteiger partial charge on any atom is 0.223 e. The number of methoxy groups -OCH3 is 1. The van der Waals surface area contributed by atoms with Crippen LogP contribution in [0.1, 0.15) is 34.2 Å². The third kappa shape index (κ3) is 4.08. The molecular formula is C22H23NO3S2. The minimum absolute atomic E-state index is 0.0602. The Bertz CT molecular complexity index is 902. The summed E-state index contributed by atoms with van der Waals surface area (Å²) in [5, 5.41) is 4.23. The van der Waals surface area contributed by atoms with Gasteiger partial charge in [-0.25, -0.2) is 0 Å². The lowest BCUT2D eigenvalue weighted by Crippen LogP contribution is -2.39. The van der Waals surface area contributed by atoms with Crippen LogP contribution in [0.15, 0.2) is 53.2 Å². The molecule has 28 heavy (non-hydrogen) atoms. The SMILES string of the molecule is COc1ccc(OCCCC(=O)N2CCc3sccc3[C@H]2c2cccs2)cc1. The van der Waals surface area contributed by atoms with E-state index >= 15 is 0 Å². The molecule has 0 aliphatic carbocycles. The van der Waals surface area contributed by atoms with Crippen LogP contribution in [0.4, 0.5) is 0 Å². The van der Waals surface area contributed by atoms with E-state index in [1.54, 1.807) is 29.8 Å². The fourth-order valence-electron chi connectivity index (χ4n) is 3.57. The number of nitrogens with zero attached hydrogens (tertiary/aromatic N) is 1. The van der Waals surface area contributed by atoms with Crippen molar-refractivity contribution in [2.45, 2.75) is 25.3 Å². The van der Waals surface area contributed by atoms with E-state index in [0.717, 1.165) is 24.5 Å². The van der Waals surface area contributed by atoms with Gasteiger partial charge < -0.3 is 14.4 Å². The molecule has 0 spiro atoms. The molecule has 146 valence electrons. The highest BCUT2D eigenvalue weighted by atomic mass is 32.1. The summed E-state index contributed by atoms with van der Waals surface area (Å²) < 4.78 is 10.9. The van der Waals surface area contributed by atoms with Gasteiger partial charge in [-0.05, 0) is 65.6 Å². The van der Waals surface area contributed by atoms with Crippen LogP contribution in [0.3, 0.4) is 0 Å². The lowest BCUT2D eigenvalue weighted by molar-refractivity contribution is -0.133. The molecule has 1 aromatic carbocycles. The molecule has 3 heterocycles. The maximum absolute atomic E-state index is 13.0. The molecule has 0 N–H and O–H groups in total. The summed E-state index contributed by atoms with van der Waals surface area (Å²) in [4.78, 5) is 17.7. The van der Waals surface area contributed by atoms with Crippen molar-refractivity contribution in [2.24, 2.45) is 0 Å². The average molecular weight is 414 g/mol. The van der Waals surface area contributed by atoms with Crippen molar-refractivity contribution in [1.29, 1.82) is 0 Å². The number of amides is 1. The number of hydrogen-bond acceptors (Lipinski definition) is 5. The Balaban J connectivity index is 1.35. The Hall–Kier alpha value is -2.31. The number of carbonyl (C=O) groups is 1. The largest absolute Gasteiger partial charge is 0.497 e. The number of hydrogen-bond donors (Lipinski definition) is 0. The quantitative estimate of drug-likeness (QED) is 0.503. The zero-order chi connectivity index (χ0) is 19.3. The molecule has 0 saturated heterocycles. The van der Waals surface area contributed by atoms with Gasteiger partial charge in [0.25, 0.3) is 0 Å². The Morgan fingerprint density at radius 2 is 1.93 bits per heavy atom. The second-order valence-corrected chi connectivity index (χ2v) is 8.66. The monoisotopic (exact) mass is 413 g/mol. The van der Waals surface area contributed by atoms with E-state index in [9.17, 15) is 4.79 Å². The van der Waals surface area contributed by atoms with Crippen molar-refractivity contribution in [3.63, 3.8) is 0 Å². The van der Waals surface area contributed by atoms with Crippen LogP contribution >= 0.6 is 22.7 Å². The van der Waals surface area contributed by atoms with Crippen LogP contribution in [-0.4, -0.2) is 31.1 Å². The van der Waals surface area contributed by atoms with Crippen molar-refractivity contribution in [2.75, 3.05) is 20.3 Å². The molecule has 0 radical (unpaired) electrons. The summed E-state index contributed by atoms with van der Waals surface area (Å²) in [5.41, 5.74) is 1.29. The molecule has 6 heteroatoms. The van der Waals surface area contributed by atoms with Gasteiger partial charge in [-0.1, -0.05) is 6.07 Å². The topological polar surface area (TPSA) is 38.8 Å². The van der Waals surface area contributed by atoms with E-state index < -0.39 is 0 Å². The predicted molar refractivity (Wildman–Crippen MR) is 114 cm³/mol.